The molecule has 208 valence electrons. The summed E-state index contributed by atoms with van der Waals surface area (Å²) < 4.78 is 59.3. The summed E-state index contributed by atoms with van der Waals surface area (Å²) in [5.74, 6) is -2.58. The van der Waals surface area contributed by atoms with Gasteiger partial charge in [-0.2, -0.15) is 18.3 Å². The van der Waals surface area contributed by atoms with Crippen molar-refractivity contribution in [2.24, 2.45) is 5.92 Å². The molecule has 38 heavy (non-hydrogen) atoms. The van der Waals surface area contributed by atoms with Crippen molar-refractivity contribution in [2.75, 3.05) is 13.1 Å². The fourth-order valence-electron chi connectivity index (χ4n) is 5.50. The van der Waals surface area contributed by atoms with E-state index < -0.39 is 46.9 Å². The molecule has 0 atom stereocenters. The van der Waals surface area contributed by atoms with E-state index in [2.05, 4.69) is 10.1 Å². The average Bonchev–Trinajstić information content (AvgIpc) is 3.49. The molecule has 4 rings (SSSR count). The Morgan fingerprint density at radius 3 is 2.24 bits per heavy atom. The largest absolute Gasteiger partial charge is 0.481 e. The molecule has 2 aliphatic rings. The van der Waals surface area contributed by atoms with Crippen LogP contribution in [-0.4, -0.2) is 55.4 Å². The zero-order valence-corrected chi connectivity index (χ0v) is 22.0. The van der Waals surface area contributed by atoms with Crippen LogP contribution in [-0.2, 0) is 17.4 Å². The maximum absolute atomic E-state index is 15.5. The summed E-state index contributed by atoms with van der Waals surface area (Å²) in [5.41, 5.74) is -3.11. The van der Waals surface area contributed by atoms with Crippen LogP contribution < -0.4 is 0 Å². The molecule has 2 heterocycles. The van der Waals surface area contributed by atoms with Gasteiger partial charge in [-0.3, -0.25) is 19.3 Å². The monoisotopic (exact) mass is 578 g/mol. The van der Waals surface area contributed by atoms with Gasteiger partial charge in [-0.25, -0.2) is 4.39 Å². The van der Waals surface area contributed by atoms with Gasteiger partial charge in [0.2, 0.25) is 0 Å². The smallest absolute Gasteiger partial charge is 0.433 e. The normalized spacial score (nSPS) is 21.4. The van der Waals surface area contributed by atoms with Gasteiger partial charge in [-0.15, -0.1) is 0 Å². The van der Waals surface area contributed by atoms with Gasteiger partial charge in [0.25, 0.3) is 5.91 Å². The first-order chi connectivity index (χ1) is 17.9. The number of carboxylic acid groups (broad SMARTS) is 1. The lowest BCUT2D eigenvalue weighted by atomic mass is 9.86. The zero-order valence-electron chi connectivity index (χ0n) is 20.5. The number of hydrogen-bond donors (Lipinski definition) is 1. The Balaban J connectivity index is 1.64. The number of aromatic nitrogens is 3. The lowest BCUT2D eigenvalue weighted by Crippen LogP contribution is -2.43. The van der Waals surface area contributed by atoms with Crippen LogP contribution in [0.15, 0.2) is 18.6 Å². The Bertz CT molecular complexity index is 1160. The number of pyridine rings is 1. The van der Waals surface area contributed by atoms with Crippen LogP contribution in [0.1, 0.15) is 79.0 Å². The summed E-state index contributed by atoms with van der Waals surface area (Å²) in [6, 6.07) is -0.700. The first-order valence-corrected chi connectivity index (χ1v) is 13.3. The number of amides is 1. The van der Waals surface area contributed by atoms with Crippen molar-refractivity contribution < 1.29 is 32.3 Å². The maximum atomic E-state index is 15.5. The minimum atomic E-state index is -4.91. The number of carbonyl (C=O) groups is 2. The molecule has 0 bridgehead atoms. The zero-order chi connectivity index (χ0) is 27.7. The van der Waals surface area contributed by atoms with Gasteiger partial charge < -0.3 is 10.0 Å². The van der Waals surface area contributed by atoms with Gasteiger partial charge in [0, 0.05) is 18.9 Å². The number of carboxylic acids is 1. The van der Waals surface area contributed by atoms with Crippen LogP contribution in [0.3, 0.4) is 0 Å². The topological polar surface area (TPSA) is 88.3 Å². The fourth-order valence-corrected chi connectivity index (χ4v) is 6.05. The number of rotatable bonds is 8. The summed E-state index contributed by atoms with van der Waals surface area (Å²) >= 11 is 12.4. The molecule has 1 N–H and O–H groups in total. The SMILES string of the molecule is O=C(O)C1CCC(n2ncc(C(=O)N(CCc3c(Cl)cncc3Cl)CC3(F)CCCC3)c2C(F)(F)F)CC1. The van der Waals surface area contributed by atoms with E-state index in [9.17, 15) is 27.9 Å². The van der Waals surface area contributed by atoms with Gasteiger partial charge in [-0.05, 0) is 50.5 Å². The molecule has 2 aromatic heterocycles. The highest BCUT2D eigenvalue weighted by Crippen LogP contribution is 2.40. The summed E-state index contributed by atoms with van der Waals surface area (Å²) in [6.45, 7) is -0.474. The predicted molar refractivity (Wildman–Crippen MR) is 132 cm³/mol. The third-order valence-corrected chi connectivity index (χ3v) is 8.18. The van der Waals surface area contributed by atoms with Gasteiger partial charge in [0.15, 0.2) is 5.69 Å². The highest BCUT2D eigenvalue weighted by atomic mass is 35.5. The van der Waals surface area contributed by atoms with Gasteiger partial charge in [0.05, 0.1) is 40.3 Å². The molecule has 2 fully saturated rings. The van der Waals surface area contributed by atoms with Crippen molar-refractivity contribution in [3.63, 3.8) is 0 Å². The predicted octanol–water partition coefficient (Wildman–Crippen LogP) is 6.39. The second-order valence-corrected chi connectivity index (χ2v) is 10.9. The number of halogens is 6. The number of alkyl halides is 4. The van der Waals surface area contributed by atoms with E-state index in [4.69, 9.17) is 23.2 Å². The highest BCUT2D eigenvalue weighted by Gasteiger charge is 2.44. The third-order valence-electron chi connectivity index (χ3n) is 7.53. The standard InChI is InChI=1S/C25H28Cl2F4N4O3/c26-19-12-32-13-20(27)17(19)7-10-34(14-24(28)8-1-2-9-24)22(36)18-11-33-35(21(18)25(29,30)31)16-5-3-15(4-6-16)23(37)38/h11-13,15-16H,1-10,14H2,(H,37,38). The van der Waals surface area contributed by atoms with Crippen LogP contribution in [0.5, 0.6) is 0 Å². The van der Waals surface area contributed by atoms with E-state index >= 15 is 4.39 Å². The summed E-state index contributed by atoms with van der Waals surface area (Å²) in [4.78, 5) is 29.9. The lowest BCUT2D eigenvalue weighted by Gasteiger charge is -2.31. The number of carbonyl (C=O) groups excluding carboxylic acids is 1. The molecule has 2 aromatic rings. The molecule has 2 saturated carbocycles. The van der Waals surface area contributed by atoms with E-state index in [0.717, 1.165) is 15.8 Å². The second-order valence-electron chi connectivity index (χ2n) is 10.1. The molecular weight excluding hydrogens is 551 g/mol. The van der Waals surface area contributed by atoms with E-state index in [1.807, 2.05) is 0 Å². The minimum absolute atomic E-state index is 0.0939. The van der Waals surface area contributed by atoms with Crippen LogP contribution in [0, 0.1) is 5.92 Å². The summed E-state index contributed by atoms with van der Waals surface area (Å²) in [5, 5.41) is 13.6. The quantitative estimate of drug-likeness (QED) is 0.367. The number of hydrogen-bond acceptors (Lipinski definition) is 4. The molecule has 2 aliphatic carbocycles. The van der Waals surface area contributed by atoms with Gasteiger partial charge in [-0.1, -0.05) is 36.0 Å². The minimum Gasteiger partial charge on any atom is -0.481 e. The number of nitrogens with zero attached hydrogens (tertiary/aromatic N) is 4. The average molecular weight is 579 g/mol. The lowest BCUT2D eigenvalue weighted by molar-refractivity contribution is -0.147. The fraction of sp³-hybridized carbons (Fsp3) is 0.600. The van der Waals surface area contributed by atoms with Crippen LogP contribution >= 0.6 is 23.2 Å². The molecule has 0 saturated heterocycles. The summed E-state index contributed by atoms with van der Waals surface area (Å²) in [7, 11) is 0. The molecule has 0 spiro atoms. The molecule has 1 amide bonds. The first kappa shape index (κ1) is 28.6. The Hall–Kier alpha value is -2.40. The van der Waals surface area contributed by atoms with Crippen molar-refractivity contribution in [3.05, 3.63) is 45.5 Å². The van der Waals surface area contributed by atoms with Crippen LogP contribution in [0.2, 0.25) is 10.0 Å². The van der Waals surface area contributed by atoms with Crippen molar-refractivity contribution in [2.45, 2.75) is 75.7 Å². The Morgan fingerprint density at radius 2 is 1.68 bits per heavy atom. The van der Waals surface area contributed by atoms with E-state index in [0.29, 0.717) is 18.4 Å². The molecule has 7 nitrogen and oxygen atoms in total. The van der Waals surface area contributed by atoms with E-state index in [1.54, 1.807) is 0 Å². The molecular formula is C25H28Cl2F4N4O3. The van der Waals surface area contributed by atoms with Gasteiger partial charge in [0.1, 0.15) is 5.67 Å². The van der Waals surface area contributed by atoms with E-state index in [1.165, 1.54) is 12.4 Å². The Morgan fingerprint density at radius 1 is 1.08 bits per heavy atom. The Labute approximate surface area is 227 Å². The molecule has 0 unspecified atom stereocenters. The van der Waals surface area contributed by atoms with Crippen LogP contribution in [0.25, 0.3) is 0 Å². The molecule has 0 aromatic carbocycles. The Kier molecular flexibility index (Phi) is 8.56. The van der Waals surface area contributed by atoms with E-state index in [-0.39, 0.29) is 68.1 Å². The van der Waals surface area contributed by atoms with Crippen molar-refractivity contribution in [1.29, 1.82) is 0 Å². The highest BCUT2D eigenvalue weighted by molar-refractivity contribution is 6.35. The van der Waals surface area contributed by atoms with Gasteiger partial charge >= 0.3 is 12.1 Å². The molecule has 13 heteroatoms. The van der Waals surface area contributed by atoms with Crippen molar-refractivity contribution >= 4 is 35.1 Å². The van der Waals surface area contributed by atoms with Crippen molar-refractivity contribution in [3.8, 4) is 0 Å². The number of aliphatic carboxylic acids is 1. The second kappa shape index (κ2) is 11.4. The third kappa shape index (κ3) is 6.25. The first-order valence-electron chi connectivity index (χ1n) is 12.5. The maximum Gasteiger partial charge on any atom is 0.433 e. The van der Waals surface area contributed by atoms with Crippen LogP contribution in [0.4, 0.5) is 17.6 Å². The summed E-state index contributed by atoms with van der Waals surface area (Å²) in [6.07, 6.45) is 1.29. The van der Waals surface area contributed by atoms with Crippen molar-refractivity contribution in [1.82, 2.24) is 19.7 Å². The molecule has 0 radical (unpaired) electrons. The molecule has 0 aliphatic heterocycles.